The lowest BCUT2D eigenvalue weighted by atomic mass is 10.0. The molecule has 2 aromatic rings. The lowest BCUT2D eigenvalue weighted by Crippen LogP contribution is -2.35. The molecule has 0 spiro atoms. The summed E-state index contributed by atoms with van der Waals surface area (Å²) < 4.78 is 5.38. The average molecular weight is 366 g/mol. The second-order valence-electron chi connectivity index (χ2n) is 6.36. The smallest absolute Gasteiger partial charge is 0.282 e. The highest BCUT2D eigenvalue weighted by Crippen LogP contribution is 2.38. The fourth-order valence-corrected chi connectivity index (χ4v) is 3.19. The molecule has 0 bridgehead atoms. The number of methoxy groups -OCH3 is 1. The summed E-state index contributed by atoms with van der Waals surface area (Å²) in [5, 5.41) is 9.31. The molecule has 2 amide bonds. The summed E-state index contributed by atoms with van der Waals surface area (Å²) in [4.78, 5) is 29.3. The first-order chi connectivity index (χ1) is 13.0. The zero-order valence-electron chi connectivity index (χ0n) is 15.6. The Kier molecular flexibility index (Phi) is 5.28. The molecule has 1 aliphatic rings. The predicted molar refractivity (Wildman–Crippen MR) is 103 cm³/mol. The Hall–Kier alpha value is -3.12. The summed E-state index contributed by atoms with van der Waals surface area (Å²) in [7, 11) is 3.19. The van der Waals surface area contributed by atoms with Crippen molar-refractivity contribution in [3.63, 3.8) is 0 Å². The van der Waals surface area contributed by atoms with E-state index in [-0.39, 0.29) is 18.8 Å². The number of anilines is 1. The predicted octanol–water partition coefficient (Wildman–Crippen LogP) is 2.21. The Morgan fingerprint density at radius 2 is 1.78 bits per heavy atom. The third kappa shape index (κ3) is 3.31. The van der Waals surface area contributed by atoms with Crippen LogP contribution in [0.5, 0.6) is 5.75 Å². The van der Waals surface area contributed by atoms with E-state index in [4.69, 9.17) is 4.74 Å². The topological polar surface area (TPSA) is 70.1 Å². The lowest BCUT2D eigenvalue weighted by molar-refractivity contribution is -0.120. The fraction of sp³-hybridized carbons (Fsp3) is 0.238. The van der Waals surface area contributed by atoms with Crippen molar-refractivity contribution in [3.05, 3.63) is 65.4 Å². The minimum absolute atomic E-state index is 0.128. The molecule has 0 atom stereocenters. The van der Waals surface area contributed by atoms with Crippen LogP contribution < -0.4 is 9.64 Å². The van der Waals surface area contributed by atoms with E-state index in [1.54, 1.807) is 36.2 Å². The van der Waals surface area contributed by atoms with E-state index in [0.29, 0.717) is 22.6 Å². The molecule has 0 saturated carbocycles. The lowest BCUT2D eigenvalue weighted by Gasteiger charge is -2.21. The van der Waals surface area contributed by atoms with Gasteiger partial charge in [0, 0.05) is 13.6 Å². The highest BCUT2D eigenvalue weighted by molar-refractivity contribution is 6.45. The molecule has 1 aliphatic heterocycles. The van der Waals surface area contributed by atoms with Crippen LogP contribution in [0.4, 0.5) is 5.69 Å². The van der Waals surface area contributed by atoms with Crippen LogP contribution in [-0.4, -0.2) is 49.1 Å². The molecular formula is C21H22N2O4. The van der Waals surface area contributed by atoms with Crippen LogP contribution >= 0.6 is 0 Å². The SMILES string of the molecule is COc1ccc(C)cc1N1C(=O)C(c2ccccc2)=C(N(C)CCO)C1=O. The molecule has 1 heterocycles. The van der Waals surface area contributed by atoms with Crippen molar-refractivity contribution in [2.24, 2.45) is 0 Å². The van der Waals surface area contributed by atoms with Gasteiger partial charge in [0.05, 0.1) is 25.0 Å². The van der Waals surface area contributed by atoms with Gasteiger partial charge in [-0.1, -0.05) is 36.4 Å². The van der Waals surface area contributed by atoms with Gasteiger partial charge in [-0.25, -0.2) is 4.90 Å². The summed E-state index contributed by atoms with van der Waals surface area (Å²) in [6, 6.07) is 14.4. The number of ether oxygens (including phenoxy) is 1. The van der Waals surface area contributed by atoms with Crippen LogP contribution in [0.1, 0.15) is 11.1 Å². The fourth-order valence-electron chi connectivity index (χ4n) is 3.19. The summed E-state index contributed by atoms with van der Waals surface area (Å²) in [6.45, 7) is 2.00. The zero-order valence-corrected chi connectivity index (χ0v) is 15.6. The Bertz CT molecular complexity index is 906. The van der Waals surface area contributed by atoms with Crippen molar-refractivity contribution in [1.82, 2.24) is 4.90 Å². The van der Waals surface area contributed by atoms with Crippen molar-refractivity contribution in [2.45, 2.75) is 6.92 Å². The first-order valence-corrected chi connectivity index (χ1v) is 8.64. The molecule has 6 nitrogen and oxygen atoms in total. The molecule has 0 radical (unpaired) electrons. The third-order valence-corrected chi connectivity index (χ3v) is 4.51. The number of benzene rings is 2. The minimum atomic E-state index is -0.432. The van der Waals surface area contributed by atoms with Gasteiger partial charge >= 0.3 is 0 Å². The van der Waals surface area contributed by atoms with Gasteiger partial charge in [-0.05, 0) is 30.2 Å². The van der Waals surface area contributed by atoms with Crippen LogP contribution in [0.15, 0.2) is 54.2 Å². The van der Waals surface area contributed by atoms with E-state index in [0.717, 1.165) is 10.5 Å². The average Bonchev–Trinajstić information content (AvgIpc) is 2.93. The Morgan fingerprint density at radius 1 is 1.07 bits per heavy atom. The summed E-state index contributed by atoms with van der Waals surface area (Å²) in [6.07, 6.45) is 0. The van der Waals surface area contributed by atoms with Crippen LogP contribution in [0.3, 0.4) is 0 Å². The number of hydrogen-bond donors (Lipinski definition) is 1. The molecule has 6 heteroatoms. The van der Waals surface area contributed by atoms with E-state index in [1.165, 1.54) is 7.11 Å². The number of carbonyl (C=O) groups excluding carboxylic acids is 2. The molecule has 0 aliphatic carbocycles. The normalized spacial score (nSPS) is 14.1. The number of carbonyl (C=O) groups is 2. The molecule has 140 valence electrons. The number of aryl methyl sites for hydroxylation is 1. The molecule has 0 aromatic heterocycles. The molecular weight excluding hydrogens is 344 g/mol. The van der Waals surface area contributed by atoms with Gasteiger partial charge in [-0.3, -0.25) is 9.59 Å². The molecule has 0 saturated heterocycles. The van der Waals surface area contributed by atoms with E-state index >= 15 is 0 Å². The minimum Gasteiger partial charge on any atom is -0.495 e. The zero-order chi connectivity index (χ0) is 19.6. The Labute approximate surface area is 158 Å². The van der Waals surface area contributed by atoms with E-state index in [2.05, 4.69) is 0 Å². The first kappa shape index (κ1) is 18.7. The summed E-state index contributed by atoms with van der Waals surface area (Å²) in [5.74, 6) is -0.394. The van der Waals surface area contributed by atoms with Gasteiger partial charge in [-0.15, -0.1) is 0 Å². The molecule has 0 fully saturated rings. The molecule has 0 unspecified atom stereocenters. The number of imide groups is 1. The van der Waals surface area contributed by atoms with Gasteiger partial charge in [0.25, 0.3) is 11.8 Å². The number of rotatable bonds is 6. The maximum atomic E-state index is 13.3. The summed E-state index contributed by atoms with van der Waals surface area (Å²) in [5.41, 5.74) is 2.56. The van der Waals surface area contributed by atoms with Gasteiger partial charge in [0.15, 0.2) is 0 Å². The Balaban J connectivity index is 2.17. The number of aliphatic hydroxyl groups excluding tert-OH is 1. The van der Waals surface area contributed by atoms with Gasteiger partial charge in [0.1, 0.15) is 11.4 Å². The largest absolute Gasteiger partial charge is 0.495 e. The van der Waals surface area contributed by atoms with E-state index in [1.807, 2.05) is 31.2 Å². The maximum Gasteiger partial charge on any atom is 0.282 e. The molecule has 2 aromatic carbocycles. The second kappa shape index (κ2) is 7.63. The number of likely N-dealkylation sites (N-methyl/N-ethyl adjacent to an activating group) is 1. The number of amides is 2. The van der Waals surface area contributed by atoms with E-state index in [9.17, 15) is 14.7 Å². The van der Waals surface area contributed by atoms with E-state index < -0.39 is 11.8 Å². The van der Waals surface area contributed by atoms with Gasteiger partial charge in [0.2, 0.25) is 0 Å². The Morgan fingerprint density at radius 3 is 2.41 bits per heavy atom. The van der Waals surface area contributed by atoms with Crippen molar-refractivity contribution >= 4 is 23.1 Å². The van der Waals surface area contributed by atoms with Gasteiger partial charge in [-0.2, -0.15) is 0 Å². The molecule has 3 rings (SSSR count). The van der Waals surface area contributed by atoms with Crippen LogP contribution in [0.2, 0.25) is 0 Å². The second-order valence-corrected chi connectivity index (χ2v) is 6.36. The number of aliphatic hydroxyl groups is 1. The molecule has 27 heavy (non-hydrogen) atoms. The van der Waals surface area contributed by atoms with Crippen molar-refractivity contribution < 1.29 is 19.4 Å². The van der Waals surface area contributed by atoms with Crippen molar-refractivity contribution in [2.75, 3.05) is 32.2 Å². The highest BCUT2D eigenvalue weighted by atomic mass is 16.5. The van der Waals surface area contributed by atoms with Crippen LogP contribution in [0, 0.1) is 6.92 Å². The summed E-state index contributed by atoms with van der Waals surface area (Å²) >= 11 is 0. The standard InChI is InChI=1S/C21H22N2O4/c1-14-9-10-17(27-3)16(13-14)23-20(25)18(15-7-5-4-6-8-15)19(21(23)26)22(2)11-12-24/h4-10,13,24H,11-12H2,1-3H3. The maximum absolute atomic E-state index is 13.3. The first-order valence-electron chi connectivity index (χ1n) is 8.64. The van der Waals surface area contributed by atoms with Crippen LogP contribution in [0.25, 0.3) is 5.57 Å². The molecule has 1 N–H and O–H groups in total. The third-order valence-electron chi connectivity index (χ3n) is 4.51. The number of hydrogen-bond acceptors (Lipinski definition) is 5. The van der Waals surface area contributed by atoms with Crippen molar-refractivity contribution in [3.8, 4) is 5.75 Å². The quantitative estimate of drug-likeness (QED) is 0.794. The van der Waals surface area contributed by atoms with Gasteiger partial charge < -0.3 is 14.7 Å². The van der Waals surface area contributed by atoms with Crippen LogP contribution in [-0.2, 0) is 9.59 Å². The monoisotopic (exact) mass is 366 g/mol. The number of nitrogens with zero attached hydrogens (tertiary/aromatic N) is 2. The van der Waals surface area contributed by atoms with Crippen molar-refractivity contribution in [1.29, 1.82) is 0 Å². The highest BCUT2D eigenvalue weighted by Gasteiger charge is 2.42.